The number of rotatable bonds is 14. The van der Waals surface area contributed by atoms with Gasteiger partial charge in [-0.2, -0.15) is 8.61 Å². The van der Waals surface area contributed by atoms with Gasteiger partial charge < -0.3 is 28.7 Å². The summed E-state index contributed by atoms with van der Waals surface area (Å²) in [5.74, 6) is 2.98. The third kappa shape index (κ3) is 12.4. The summed E-state index contributed by atoms with van der Waals surface area (Å²) in [5.41, 5.74) is 6.24. The van der Waals surface area contributed by atoms with E-state index in [2.05, 4.69) is 56.7 Å². The van der Waals surface area contributed by atoms with Crippen molar-refractivity contribution >= 4 is 53.0 Å². The second-order valence-electron chi connectivity index (χ2n) is 19.3. The lowest BCUT2D eigenvalue weighted by Gasteiger charge is -2.33. The highest BCUT2D eigenvalue weighted by atomic mass is 32.2. The first kappa shape index (κ1) is 52.6. The van der Waals surface area contributed by atoms with Crippen LogP contribution in [0.5, 0.6) is 23.0 Å². The van der Waals surface area contributed by atoms with Crippen molar-refractivity contribution in [1.82, 2.24) is 18.6 Å². The molecule has 376 valence electrons. The maximum absolute atomic E-state index is 13.2. The molecule has 6 aromatic rings. The highest BCUT2D eigenvalue weighted by molar-refractivity contribution is 7.89. The van der Waals surface area contributed by atoms with Crippen LogP contribution in [0.25, 0.3) is 0 Å². The van der Waals surface area contributed by atoms with Gasteiger partial charge >= 0.3 is 0 Å². The van der Waals surface area contributed by atoms with Gasteiger partial charge in [-0.15, -0.1) is 22.7 Å². The van der Waals surface area contributed by atoms with Crippen LogP contribution < -0.4 is 28.7 Å². The van der Waals surface area contributed by atoms with E-state index in [4.69, 9.17) is 28.9 Å². The highest BCUT2D eigenvalue weighted by Gasteiger charge is 2.32. The van der Waals surface area contributed by atoms with E-state index < -0.39 is 20.0 Å². The van der Waals surface area contributed by atoms with Gasteiger partial charge in [-0.1, -0.05) is 71.9 Å². The molecule has 2 aromatic heterocycles. The molecule has 2 saturated heterocycles. The van der Waals surface area contributed by atoms with Crippen LogP contribution in [0.2, 0.25) is 0 Å². The van der Waals surface area contributed by atoms with E-state index in [1.165, 1.54) is 0 Å². The molecule has 14 nitrogen and oxygen atoms in total. The monoisotopic (exact) mass is 1030 g/mol. The van der Waals surface area contributed by atoms with Crippen LogP contribution in [-0.4, -0.2) is 116 Å². The van der Waals surface area contributed by atoms with E-state index in [0.717, 1.165) is 55.4 Å². The normalized spacial score (nSPS) is 15.3. The minimum absolute atomic E-state index is 0.0140. The van der Waals surface area contributed by atoms with E-state index in [1.807, 2.05) is 66.0 Å². The summed E-state index contributed by atoms with van der Waals surface area (Å²) in [6.45, 7) is 16.9. The van der Waals surface area contributed by atoms with Gasteiger partial charge in [0.1, 0.15) is 11.5 Å². The molecule has 0 aliphatic carbocycles. The predicted molar refractivity (Wildman–Crippen MR) is 281 cm³/mol. The summed E-state index contributed by atoms with van der Waals surface area (Å²) in [6, 6.07) is 26.2. The Morgan fingerprint density at radius 3 is 1.34 bits per heavy atom. The van der Waals surface area contributed by atoms with Crippen molar-refractivity contribution in [3.8, 4) is 23.0 Å². The standard InChI is InChI=1S/2C26H33N3O4S2/c1-26(2,3)20-7-9-22(10-8-20)35(30,31)29-14-12-28(13-15-29)25-27-21(18-34-25)16-19-6-11-23(32-4)24(17-19)33-5;1-26(2,3)20-6-9-23(10-7-20)35(30,31)29-14-12-28(13-15-29)25-27-21(18-34-25)16-19-17-22(32-4)8-11-24(19)33-5/h2*6-11,17-18H,12-16H2,1-5H3. The number of hydrogen-bond acceptors (Lipinski definition) is 14. The zero-order chi connectivity index (χ0) is 50.4. The minimum Gasteiger partial charge on any atom is -0.497 e. The average molecular weight is 1030 g/mol. The maximum Gasteiger partial charge on any atom is 0.243 e. The first-order valence-corrected chi connectivity index (χ1v) is 27.9. The highest BCUT2D eigenvalue weighted by Crippen LogP contribution is 2.33. The number of sulfonamides is 2. The number of anilines is 2. The van der Waals surface area contributed by atoms with Gasteiger partial charge in [0.15, 0.2) is 21.8 Å². The molecule has 0 spiro atoms. The summed E-state index contributed by atoms with van der Waals surface area (Å²) in [5, 5.41) is 5.94. The molecule has 0 amide bonds. The summed E-state index contributed by atoms with van der Waals surface area (Å²) >= 11 is 3.18. The zero-order valence-corrected chi connectivity index (χ0v) is 45.2. The second kappa shape index (κ2) is 22.0. The lowest BCUT2D eigenvalue weighted by molar-refractivity contribution is 0.354. The Morgan fingerprint density at radius 1 is 0.500 bits per heavy atom. The molecule has 70 heavy (non-hydrogen) atoms. The van der Waals surface area contributed by atoms with Gasteiger partial charge in [-0.25, -0.2) is 26.8 Å². The molecule has 0 saturated carbocycles. The molecule has 8 rings (SSSR count). The lowest BCUT2D eigenvalue weighted by Crippen LogP contribution is -2.48. The Labute approximate surface area is 422 Å². The molecule has 4 aromatic carbocycles. The molecule has 2 aliphatic rings. The SMILES string of the molecule is COc1ccc(Cc2csc(N3CCN(S(=O)(=O)c4ccc(C(C)(C)C)cc4)CC3)n2)cc1OC.COc1ccc(OC)c(Cc2csc(N3CCN(S(=O)(=O)c4ccc(C(C)(C)C)cc4)CC3)n2)c1. The molecule has 0 bridgehead atoms. The molecule has 2 aliphatic heterocycles. The summed E-state index contributed by atoms with van der Waals surface area (Å²) < 4.78 is 77.4. The van der Waals surface area contributed by atoms with Gasteiger partial charge in [-0.3, -0.25) is 0 Å². The van der Waals surface area contributed by atoms with Crippen LogP contribution in [0.15, 0.2) is 105 Å². The number of methoxy groups -OCH3 is 4. The molecule has 0 radical (unpaired) electrons. The van der Waals surface area contributed by atoms with Crippen molar-refractivity contribution in [2.75, 3.05) is 90.6 Å². The number of aromatic nitrogens is 2. The fourth-order valence-electron chi connectivity index (χ4n) is 8.25. The van der Waals surface area contributed by atoms with Crippen molar-refractivity contribution in [2.45, 2.75) is 75.0 Å². The summed E-state index contributed by atoms with van der Waals surface area (Å²) in [6.07, 6.45) is 1.32. The van der Waals surface area contributed by atoms with E-state index in [0.29, 0.717) is 86.5 Å². The third-order valence-corrected chi connectivity index (χ3v) is 18.2. The Balaban J connectivity index is 0.000000206. The Bertz CT molecular complexity index is 2910. The molecular weight excluding hydrogens is 965 g/mol. The van der Waals surface area contributed by atoms with Crippen LogP contribution in [-0.2, 0) is 43.7 Å². The summed E-state index contributed by atoms with van der Waals surface area (Å²) in [7, 11) is -0.472. The number of benzene rings is 4. The second-order valence-corrected chi connectivity index (χ2v) is 24.8. The Kier molecular flexibility index (Phi) is 16.6. The predicted octanol–water partition coefficient (Wildman–Crippen LogP) is 9.12. The number of hydrogen-bond donors (Lipinski definition) is 0. The fraction of sp³-hybridized carbons (Fsp3) is 0.423. The van der Waals surface area contributed by atoms with Gasteiger partial charge in [0.2, 0.25) is 20.0 Å². The largest absolute Gasteiger partial charge is 0.497 e. The molecule has 4 heterocycles. The number of nitrogens with zero attached hydrogens (tertiary/aromatic N) is 6. The molecule has 0 unspecified atom stereocenters. The van der Waals surface area contributed by atoms with Crippen molar-refractivity contribution in [1.29, 1.82) is 0 Å². The third-order valence-electron chi connectivity index (χ3n) is 12.5. The molecule has 0 atom stereocenters. The maximum atomic E-state index is 13.2. The van der Waals surface area contributed by atoms with Crippen LogP contribution in [0.3, 0.4) is 0 Å². The first-order chi connectivity index (χ1) is 33.2. The van der Waals surface area contributed by atoms with E-state index in [-0.39, 0.29) is 10.8 Å². The van der Waals surface area contributed by atoms with Crippen LogP contribution in [0.1, 0.15) is 75.2 Å². The van der Waals surface area contributed by atoms with Crippen molar-refractivity contribution < 1.29 is 35.8 Å². The van der Waals surface area contributed by atoms with E-state index in [1.54, 1.807) is 84.0 Å². The van der Waals surface area contributed by atoms with Crippen LogP contribution in [0.4, 0.5) is 10.3 Å². The van der Waals surface area contributed by atoms with Gasteiger partial charge in [0.25, 0.3) is 0 Å². The smallest absolute Gasteiger partial charge is 0.243 e. The number of piperazine rings is 2. The zero-order valence-electron chi connectivity index (χ0n) is 41.9. The first-order valence-electron chi connectivity index (χ1n) is 23.3. The van der Waals surface area contributed by atoms with Gasteiger partial charge in [-0.05, 0) is 82.1 Å². The van der Waals surface area contributed by atoms with E-state index in [9.17, 15) is 16.8 Å². The fourth-order valence-corrected chi connectivity index (χ4v) is 12.9. The number of ether oxygens (including phenoxy) is 4. The van der Waals surface area contributed by atoms with E-state index >= 15 is 0 Å². The number of thiazole rings is 2. The Hall–Kier alpha value is -5.24. The Morgan fingerprint density at radius 2 is 0.929 bits per heavy atom. The molecule has 2 fully saturated rings. The minimum atomic E-state index is -3.52. The molecular formula is C52H66N6O8S4. The summed E-state index contributed by atoms with van der Waals surface area (Å²) in [4.78, 5) is 14.7. The topological polar surface area (TPSA) is 144 Å². The van der Waals surface area contributed by atoms with Gasteiger partial charge in [0, 0.05) is 81.5 Å². The van der Waals surface area contributed by atoms with Crippen LogP contribution in [0, 0.1) is 0 Å². The molecule has 0 N–H and O–H groups in total. The quantitative estimate of drug-likeness (QED) is 0.103. The van der Waals surface area contributed by atoms with Crippen molar-refractivity contribution in [3.05, 3.63) is 129 Å². The van der Waals surface area contributed by atoms with Crippen LogP contribution >= 0.6 is 22.7 Å². The van der Waals surface area contributed by atoms with Crippen molar-refractivity contribution in [3.63, 3.8) is 0 Å². The average Bonchev–Trinajstić information content (AvgIpc) is 4.04. The van der Waals surface area contributed by atoms with Crippen molar-refractivity contribution in [2.24, 2.45) is 0 Å². The lowest BCUT2D eigenvalue weighted by atomic mass is 9.87. The van der Waals surface area contributed by atoms with Gasteiger partial charge in [0.05, 0.1) is 49.6 Å². The molecule has 18 heteroatoms.